The van der Waals surface area contributed by atoms with Crippen molar-refractivity contribution in [3.8, 4) is 0 Å². The quantitative estimate of drug-likeness (QED) is 0.0454. The molecule has 0 saturated carbocycles. The Kier molecular flexibility index (Phi) is 51.0. The van der Waals surface area contributed by atoms with Crippen LogP contribution in [0.5, 0.6) is 0 Å². The van der Waals surface area contributed by atoms with Crippen LogP contribution in [0.1, 0.15) is 328 Å². The highest BCUT2D eigenvalue weighted by atomic mass is 16.5. The summed E-state index contributed by atoms with van der Waals surface area (Å²) in [6, 6.07) is 0. The number of ether oxygens (including phenoxy) is 1. The van der Waals surface area contributed by atoms with Crippen molar-refractivity contribution < 1.29 is 9.53 Å². The minimum absolute atomic E-state index is 0.0317. The van der Waals surface area contributed by atoms with Crippen molar-refractivity contribution in [2.45, 2.75) is 328 Å². The van der Waals surface area contributed by atoms with E-state index in [9.17, 15) is 4.79 Å². The molecule has 0 radical (unpaired) electrons. The smallest absolute Gasteiger partial charge is 0.305 e. The van der Waals surface area contributed by atoms with Crippen molar-refractivity contribution in [1.82, 2.24) is 0 Å². The fourth-order valence-corrected chi connectivity index (χ4v) is 8.55. The van der Waals surface area contributed by atoms with Crippen LogP contribution in [0.15, 0.2) is 0 Å². The topological polar surface area (TPSA) is 26.3 Å². The molecule has 2 nitrogen and oxygen atoms in total. The van der Waals surface area contributed by atoms with E-state index in [2.05, 4.69) is 13.8 Å². The maximum absolute atomic E-state index is 12.0. The summed E-state index contributed by atoms with van der Waals surface area (Å²) in [5, 5.41) is 0. The van der Waals surface area contributed by atoms with E-state index in [1.165, 1.54) is 295 Å². The van der Waals surface area contributed by atoms with Gasteiger partial charge >= 0.3 is 5.97 Å². The fourth-order valence-electron chi connectivity index (χ4n) is 8.55. The summed E-state index contributed by atoms with van der Waals surface area (Å²) in [4.78, 5) is 12.0. The molecule has 0 saturated heterocycles. The molecule has 55 heavy (non-hydrogen) atoms. The lowest BCUT2D eigenvalue weighted by Crippen LogP contribution is -2.05. The number of carbonyl (C=O) groups excluding carboxylic acids is 1. The first-order chi connectivity index (χ1) is 27.3. The first-order valence-corrected chi connectivity index (χ1v) is 26.5. The fraction of sp³-hybridized carbons (Fsp3) is 0.981. The predicted molar refractivity (Wildman–Crippen MR) is 249 cm³/mol. The van der Waals surface area contributed by atoms with Crippen molar-refractivity contribution in [3.05, 3.63) is 0 Å². The van der Waals surface area contributed by atoms with Gasteiger partial charge in [-0.2, -0.15) is 0 Å². The molecule has 0 amide bonds. The van der Waals surface area contributed by atoms with E-state index >= 15 is 0 Å². The van der Waals surface area contributed by atoms with Crippen molar-refractivity contribution in [2.75, 3.05) is 6.61 Å². The Hall–Kier alpha value is -0.530. The van der Waals surface area contributed by atoms with Crippen LogP contribution in [0.2, 0.25) is 0 Å². The molecule has 0 fully saturated rings. The summed E-state index contributed by atoms with van der Waals surface area (Å²) in [5.74, 6) is 0.0317. The Bertz CT molecular complexity index is 673. The lowest BCUT2D eigenvalue weighted by atomic mass is 10.0. The number of carbonyl (C=O) groups is 1. The van der Waals surface area contributed by atoms with Crippen LogP contribution in [-0.4, -0.2) is 12.6 Å². The van der Waals surface area contributed by atoms with Crippen molar-refractivity contribution in [2.24, 2.45) is 0 Å². The summed E-state index contributed by atoms with van der Waals surface area (Å²) in [5.41, 5.74) is 0. The lowest BCUT2D eigenvalue weighted by molar-refractivity contribution is -0.143. The summed E-state index contributed by atoms with van der Waals surface area (Å²) >= 11 is 0. The Balaban J connectivity index is 3.12. The van der Waals surface area contributed by atoms with Gasteiger partial charge in [-0.15, -0.1) is 0 Å². The van der Waals surface area contributed by atoms with Gasteiger partial charge < -0.3 is 4.74 Å². The number of esters is 1. The van der Waals surface area contributed by atoms with Crippen molar-refractivity contribution >= 4 is 5.97 Å². The monoisotopic (exact) mass is 775 g/mol. The molecule has 330 valence electrons. The molecule has 0 N–H and O–H groups in total. The van der Waals surface area contributed by atoms with Gasteiger partial charge in [0.05, 0.1) is 6.61 Å². The van der Waals surface area contributed by atoms with E-state index in [0.29, 0.717) is 13.0 Å². The average Bonchev–Trinajstić information content (AvgIpc) is 3.19. The van der Waals surface area contributed by atoms with Gasteiger partial charge in [-0.05, 0) is 12.8 Å². The Labute approximate surface area is 349 Å². The molecule has 0 unspecified atom stereocenters. The van der Waals surface area contributed by atoms with Gasteiger partial charge in [-0.25, -0.2) is 0 Å². The molecule has 0 aliphatic rings. The molecule has 0 rings (SSSR count). The Morgan fingerprint density at radius 1 is 0.236 bits per heavy atom. The first kappa shape index (κ1) is 54.5. The second-order valence-corrected chi connectivity index (χ2v) is 18.2. The van der Waals surface area contributed by atoms with Crippen LogP contribution in [0, 0.1) is 0 Å². The zero-order chi connectivity index (χ0) is 39.6. The van der Waals surface area contributed by atoms with Gasteiger partial charge in [-0.1, -0.05) is 309 Å². The normalized spacial score (nSPS) is 11.5. The van der Waals surface area contributed by atoms with Crippen molar-refractivity contribution in [1.29, 1.82) is 0 Å². The largest absolute Gasteiger partial charge is 0.466 e. The van der Waals surface area contributed by atoms with E-state index < -0.39 is 0 Å². The Morgan fingerprint density at radius 3 is 0.600 bits per heavy atom. The average molecular weight is 775 g/mol. The van der Waals surface area contributed by atoms with E-state index in [0.717, 1.165) is 12.8 Å². The van der Waals surface area contributed by atoms with Crippen LogP contribution < -0.4 is 0 Å². The van der Waals surface area contributed by atoms with Crippen LogP contribution in [-0.2, 0) is 9.53 Å². The minimum atomic E-state index is 0.0317. The van der Waals surface area contributed by atoms with E-state index in [-0.39, 0.29) is 5.97 Å². The third-order valence-corrected chi connectivity index (χ3v) is 12.5. The van der Waals surface area contributed by atoms with Gasteiger partial charge in [0.1, 0.15) is 0 Å². The molecule has 0 aromatic rings. The van der Waals surface area contributed by atoms with Gasteiger partial charge in [0.2, 0.25) is 0 Å². The first-order valence-electron chi connectivity index (χ1n) is 26.5. The summed E-state index contributed by atoms with van der Waals surface area (Å²) in [6.45, 7) is 5.23. The van der Waals surface area contributed by atoms with Gasteiger partial charge in [0.15, 0.2) is 0 Å². The molecule has 0 aliphatic carbocycles. The minimum Gasteiger partial charge on any atom is -0.466 e. The standard InChI is InChI=1S/C53H106O2/c1-3-5-7-9-11-13-15-17-18-19-20-21-22-23-24-25-26-27-28-29-30-31-32-33-34-35-36-37-38-39-40-41-43-45-47-49-51-53(54)55-52-50-48-46-44-42-16-14-12-10-8-6-4-2/h3-52H2,1-2H3. The maximum Gasteiger partial charge on any atom is 0.305 e. The molecule has 0 aliphatic heterocycles. The molecule has 0 aromatic heterocycles. The SMILES string of the molecule is CCCCCCCCCCCCCCCCCCCCCCCCCCCCCCCCCCCCCCC(=O)OCCCCCCCCCCCCCC. The third-order valence-electron chi connectivity index (χ3n) is 12.5. The molecular formula is C53H106O2. The van der Waals surface area contributed by atoms with Crippen LogP contribution in [0.4, 0.5) is 0 Å². The van der Waals surface area contributed by atoms with Gasteiger partial charge in [0.25, 0.3) is 0 Å². The molecule has 0 atom stereocenters. The molecule has 0 bridgehead atoms. The Morgan fingerprint density at radius 2 is 0.400 bits per heavy atom. The van der Waals surface area contributed by atoms with Crippen molar-refractivity contribution in [3.63, 3.8) is 0 Å². The summed E-state index contributed by atoms with van der Waals surface area (Å²) < 4.78 is 5.47. The van der Waals surface area contributed by atoms with Crippen LogP contribution in [0.25, 0.3) is 0 Å². The number of rotatable bonds is 50. The number of unbranched alkanes of at least 4 members (excludes halogenated alkanes) is 46. The zero-order valence-electron chi connectivity index (χ0n) is 38.7. The second-order valence-electron chi connectivity index (χ2n) is 18.2. The summed E-state index contributed by atoms with van der Waals surface area (Å²) in [7, 11) is 0. The maximum atomic E-state index is 12.0. The van der Waals surface area contributed by atoms with Gasteiger partial charge in [0, 0.05) is 6.42 Å². The third kappa shape index (κ3) is 51.5. The molecule has 0 heterocycles. The number of hydrogen-bond acceptors (Lipinski definition) is 2. The zero-order valence-corrected chi connectivity index (χ0v) is 38.7. The molecule has 0 aromatic carbocycles. The van der Waals surface area contributed by atoms with Gasteiger partial charge in [-0.3, -0.25) is 4.79 Å². The van der Waals surface area contributed by atoms with Crippen LogP contribution in [0.3, 0.4) is 0 Å². The highest BCUT2D eigenvalue weighted by Crippen LogP contribution is 2.18. The second kappa shape index (κ2) is 51.5. The molecule has 2 heteroatoms. The molecule has 0 spiro atoms. The van der Waals surface area contributed by atoms with Crippen LogP contribution >= 0.6 is 0 Å². The van der Waals surface area contributed by atoms with E-state index in [1.54, 1.807) is 0 Å². The number of hydrogen-bond donors (Lipinski definition) is 0. The summed E-state index contributed by atoms with van der Waals surface area (Å²) in [6.07, 6.45) is 68.4. The molecular weight excluding hydrogens is 669 g/mol. The predicted octanol–water partition coefficient (Wildman–Crippen LogP) is 19.7. The highest BCUT2D eigenvalue weighted by molar-refractivity contribution is 5.69. The highest BCUT2D eigenvalue weighted by Gasteiger charge is 2.03. The lowest BCUT2D eigenvalue weighted by Gasteiger charge is -2.06. The van der Waals surface area contributed by atoms with E-state index in [4.69, 9.17) is 4.74 Å². The van der Waals surface area contributed by atoms with E-state index in [1.807, 2.05) is 0 Å².